The van der Waals surface area contributed by atoms with Crippen LogP contribution in [0.4, 0.5) is 10.5 Å². The van der Waals surface area contributed by atoms with Crippen LogP contribution < -0.4 is 21.7 Å². The van der Waals surface area contributed by atoms with Crippen LogP contribution in [0.2, 0.25) is 0 Å². The SMILES string of the molecule is C=CCOC(=O)CCCOCCC(=O)N[C@H](C(=O)C[C@@H](CCCNC(N)=O)C(=O)Nc1ccc(CO)cc1)C(C)C. The molecule has 0 spiro atoms. The lowest BCUT2D eigenvalue weighted by Gasteiger charge is -2.24. The van der Waals surface area contributed by atoms with Crippen molar-refractivity contribution in [2.24, 2.45) is 17.6 Å². The zero-order chi connectivity index (χ0) is 30.6. The van der Waals surface area contributed by atoms with Crippen LogP contribution in [0.15, 0.2) is 36.9 Å². The lowest BCUT2D eigenvalue weighted by molar-refractivity contribution is -0.142. The molecule has 0 bridgehead atoms. The molecular formula is C29H44N4O8. The van der Waals surface area contributed by atoms with Gasteiger partial charge >= 0.3 is 12.0 Å². The number of benzene rings is 1. The molecule has 0 unspecified atom stereocenters. The van der Waals surface area contributed by atoms with Gasteiger partial charge in [-0.05, 0) is 42.9 Å². The summed E-state index contributed by atoms with van der Waals surface area (Å²) in [4.78, 5) is 61.4. The van der Waals surface area contributed by atoms with E-state index in [0.717, 1.165) is 0 Å². The first kappa shape index (κ1) is 35.3. The number of rotatable bonds is 21. The maximum Gasteiger partial charge on any atom is 0.312 e. The normalized spacial score (nSPS) is 12.2. The Hall–Kier alpha value is -3.77. The fraction of sp³-hybridized carbons (Fsp3) is 0.552. The molecule has 0 aliphatic carbocycles. The average molecular weight is 577 g/mol. The number of nitrogens with two attached hydrogens (primary N) is 1. The molecule has 0 saturated carbocycles. The number of anilines is 1. The van der Waals surface area contributed by atoms with E-state index in [1.807, 2.05) is 0 Å². The highest BCUT2D eigenvalue weighted by Gasteiger charge is 2.29. The number of nitrogens with one attached hydrogen (secondary N) is 3. The molecule has 0 heterocycles. The summed E-state index contributed by atoms with van der Waals surface area (Å²) in [6.45, 7) is 7.77. The Morgan fingerprint density at radius 1 is 1.05 bits per heavy atom. The smallest absolute Gasteiger partial charge is 0.312 e. The van der Waals surface area contributed by atoms with Crippen molar-refractivity contribution < 1.29 is 38.6 Å². The van der Waals surface area contributed by atoms with Gasteiger partial charge in [0.1, 0.15) is 6.61 Å². The molecule has 1 rings (SSSR count). The number of aliphatic hydroxyl groups excluding tert-OH is 1. The van der Waals surface area contributed by atoms with E-state index in [2.05, 4.69) is 22.5 Å². The third-order valence-corrected chi connectivity index (χ3v) is 6.09. The molecule has 12 nitrogen and oxygen atoms in total. The largest absolute Gasteiger partial charge is 0.461 e. The number of aliphatic hydroxyl groups is 1. The summed E-state index contributed by atoms with van der Waals surface area (Å²) in [6.07, 6.45) is 2.78. The van der Waals surface area contributed by atoms with Crippen molar-refractivity contribution in [1.82, 2.24) is 10.6 Å². The number of hydrogen-bond acceptors (Lipinski definition) is 8. The third-order valence-electron chi connectivity index (χ3n) is 6.09. The summed E-state index contributed by atoms with van der Waals surface area (Å²) in [6, 6.07) is 5.20. The van der Waals surface area contributed by atoms with E-state index in [1.54, 1.807) is 38.1 Å². The van der Waals surface area contributed by atoms with Crippen molar-refractivity contribution in [2.75, 3.05) is 31.7 Å². The Labute approximate surface area is 241 Å². The molecule has 1 aromatic carbocycles. The van der Waals surface area contributed by atoms with Crippen LogP contribution >= 0.6 is 0 Å². The first-order valence-electron chi connectivity index (χ1n) is 13.8. The summed E-state index contributed by atoms with van der Waals surface area (Å²) < 4.78 is 10.3. The van der Waals surface area contributed by atoms with E-state index in [9.17, 15) is 29.1 Å². The lowest BCUT2D eigenvalue weighted by Crippen LogP contribution is -2.45. The summed E-state index contributed by atoms with van der Waals surface area (Å²) in [5.41, 5.74) is 6.32. The number of esters is 1. The molecule has 4 amide bonds. The predicted octanol–water partition coefficient (Wildman–Crippen LogP) is 2.20. The Kier molecular flexibility index (Phi) is 17.3. The average Bonchev–Trinajstić information content (AvgIpc) is 2.93. The Balaban J connectivity index is 2.68. The van der Waals surface area contributed by atoms with E-state index in [-0.39, 0.29) is 81.7 Å². The highest BCUT2D eigenvalue weighted by molar-refractivity contribution is 5.97. The molecule has 0 fully saturated rings. The number of urea groups is 1. The Morgan fingerprint density at radius 2 is 1.76 bits per heavy atom. The van der Waals surface area contributed by atoms with Crippen molar-refractivity contribution in [1.29, 1.82) is 0 Å². The second-order valence-corrected chi connectivity index (χ2v) is 9.87. The number of ketones is 1. The molecule has 0 aromatic heterocycles. The van der Waals surface area contributed by atoms with Crippen LogP contribution in [0.5, 0.6) is 0 Å². The van der Waals surface area contributed by atoms with Gasteiger partial charge in [0.15, 0.2) is 5.78 Å². The van der Waals surface area contributed by atoms with E-state index < -0.39 is 18.0 Å². The number of ether oxygens (including phenoxy) is 2. The van der Waals surface area contributed by atoms with Gasteiger partial charge in [-0.2, -0.15) is 0 Å². The van der Waals surface area contributed by atoms with Gasteiger partial charge in [-0.25, -0.2) is 4.79 Å². The van der Waals surface area contributed by atoms with Crippen LogP contribution in [0.1, 0.15) is 57.9 Å². The number of amides is 4. The maximum absolute atomic E-state index is 13.3. The second kappa shape index (κ2) is 20.2. The molecule has 0 saturated heterocycles. The number of hydrogen-bond donors (Lipinski definition) is 5. The maximum atomic E-state index is 13.3. The second-order valence-electron chi connectivity index (χ2n) is 9.87. The molecule has 41 heavy (non-hydrogen) atoms. The van der Waals surface area contributed by atoms with Crippen LogP contribution in [0, 0.1) is 11.8 Å². The van der Waals surface area contributed by atoms with Crippen molar-refractivity contribution in [2.45, 2.75) is 65.0 Å². The quantitative estimate of drug-likeness (QED) is 0.0837. The molecule has 0 aliphatic rings. The van der Waals surface area contributed by atoms with Gasteiger partial charge in [-0.3, -0.25) is 19.2 Å². The minimum absolute atomic E-state index is 0.0317. The van der Waals surface area contributed by atoms with Gasteiger partial charge in [-0.15, -0.1) is 0 Å². The molecule has 6 N–H and O–H groups in total. The number of carbonyl (C=O) groups is 5. The standard InChI is InChI=1S/C29H44N4O8/c1-4-15-41-26(37)8-6-16-40-17-13-25(36)33-27(20(2)3)24(35)18-22(7-5-14-31-29(30)39)28(38)32-23-11-9-21(19-34)10-12-23/h4,9-12,20,22,27,34H,1,5-8,13-19H2,2-3H3,(H,32,38)(H,33,36)(H3,30,31,39)/t22-,27+/m1/s1. The molecule has 0 aliphatic heterocycles. The van der Waals surface area contributed by atoms with Crippen molar-refractivity contribution in [3.8, 4) is 0 Å². The first-order chi connectivity index (χ1) is 19.6. The first-order valence-corrected chi connectivity index (χ1v) is 13.8. The summed E-state index contributed by atoms with van der Waals surface area (Å²) in [7, 11) is 0. The van der Waals surface area contributed by atoms with E-state index >= 15 is 0 Å². The minimum atomic E-state index is -0.801. The number of Topliss-reactive ketones (excluding diaryl/α,β-unsaturated/α-hetero) is 1. The van der Waals surface area contributed by atoms with Crippen molar-refractivity contribution in [3.05, 3.63) is 42.5 Å². The number of primary amides is 1. The summed E-state index contributed by atoms with van der Waals surface area (Å²) in [5, 5.41) is 17.2. The topological polar surface area (TPSA) is 186 Å². The fourth-order valence-corrected chi connectivity index (χ4v) is 3.87. The molecule has 228 valence electrons. The van der Waals surface area contributed by atoms with E-state index in [0.29, 0.717) is 30.5 Å². The monoisotopic (exact) mass is 576 g/mol. The number of carbonyl (C=O) groups excluding carboxylic acids is 5. The lowest BCUT2D eigenvalue weighted by atomic mass is 9.89. The van der Waals surface area contributed by atoms with E-state index in [4.69, 9.17) is 15.2 Å². The van der Waals surface area contributed by atoms with Gasteiger partial charge in [0, 0.05) is 44.0 Å². The molecule has 12 heteroatoms. The van der Waals surface area contributed by atoms with Crippen LogP contribution in [0.3, 0.4) is 0 Å². The van der Waals surface area contributed by atoms with Gasteiger partial charge in [0.25, 0.3) is 0 Å². The van der Waals surface area contributed by atoms with Gasteiger partial charge in [-0.1, -0.05) is 38.6 Å². The molecule has 0 radical (unpaired) electrons. The zero-order valence-electron chi connectivity index (χ0n) is 24.0. The predicted molar refractivity (Wildman–Crippen MR) is 154 cm³/mol. The molecule has 1 aromatic rings. The fourth-order valence-electron chi connectivity index (χ4n) is 3.87. The Bertz CT molecular complexity index is 997. The van der Waals surface area contributed by atoms with Crippen molar-refractivity contribution >= 4 is 35.3 Å². The molecular weight excluding hydrogens is 532 g/mol. The van der Waals surface area contributed by atoms with Gasteiger partial charge < -0.3 is 36.3 Å². The third kappa shape index (κ3) is 15.6. The van der Waals surface area contributed by atoms with Crippen LogP contribution in [-0.2, 0) is 35.3 Å². The van der Waals surface area contributed by atoms with Gasteiger partial charge in [0.05, 0.1) is 19.3 Å². The highest BCUT2D eigenvalue weighted by Crippen LogP contribution is 2.19. The van der Waals surface area contributed by atoms with Crippen LogP contribution in [0.25, 0.3) is 0 Å². The zero-order valence-corrected chi connectivity index (χ0v) is 24.0. The highest BCUT2D eigenvalue weighted by atomic mass is 16.5. The van der Waals surface area contributed by atoms with Gasteiger partial charge in [0.2, 0.25) is 11.8 Å². The summed E-state index contributed by atoms with van der Waals surface area (Å²) in [5.74, 6) is -2.30. The Morgan fingerprint density at radius 3 is 2.37 bits per heavy atom. The molecule has 2 atom stereocenters. The minimum Gasteiger partial charge on any atom is -0.461 e. The summed E-state index contributed by atoms with van der Waals surface area (Å²) >= 11 is 0. The van der Waals surface area contributed by atoms with Crippen LogP contribution in [-0.4, -0.2) is 67.1 Å². The van der Waals surface area contributed by atoms with E-state index in [1.165, 1.54) is 6.08 Å². The van der Waals surface area contributed by atoms with Crippen molar-refractivity contribution in [3.63, 3.8) is 0 Å².